The van der Waals surface area contributed by atoms with Gasteiger partial charge in [0.1, 0.15) is 5.82 Å². The van der Waals surface area contributed by atoms with Crippen molar-refractivity contribution in [3.05, 3.63) is 40.9 Å². The van der Waals surface area contributed by atoms with Crippen molar-refractivity contribution in [3.63, 3.8) is 0 Å². The summed E-state index contributed by atoms with van der Waals surface area (Å²) in [6.07, 6.45) is 7.32. The van der Waals surface area contributed by atoms with Crippen LogP contribution < -0.4 is 16.3 Å². The summed E-state index contributed by atoms with van der Waals surface area (Å²) in [4.78, 5) is 26.0. The van der Waals surface area contributed by atoms with Gasteiger partial charge in [-0.2, -0.15) is 4.98 Å². The minimum atomic E-state index is -0.221. The Hall–Kier alpha value is -2.87. The van der Waals surface area contributed by atoms with E-state index in [-0.39, 0.29) is 11.8 Å². The lowest BCUT2D eigenvalue weighted by molar-refractivity contribution is 0.0667. The number of rotatable bonds is 4. The van der Waals surface area contributed by atoms with Gasteiger partial charge >= 0.3 is 5.69 Å². The van der Waals surface area contributed by atoms with Crippen LogP contribution in [0.1, 0.15) is 32.1 Å². The van der Waals surface area contributed by atoms with Crippen LogP contribution in [0, 0.1) is 23.7 Å². The zero-order chi connectivity index (χ0) is 20.2. The summed E-state index contributed by atoms with van der Waals surface area (Å²) in [6.45, 7) is 0. The molecule has 0 radical (unpaired) electrons. The highest BCUT2D eigenvalue weighted by atomic mass is 16.3. The Bertz CT molecular complexity index is 1140. The van der Waals surface area contributed by atoms with E-state index in [1.54, 1.807) is 6.20 Å². The first-order valence-corrected chi connectivity index (χ1v) is 10.9. The molecule has 7 rings (SSSR count). The van der Waals surface area contributed by atoms with Crippen molar-refractivity contribution in [1.82, 2.24) is 19.9 Å². The summed E-state index contributed by atoms with van der Waals surface area (Å²) in [6, 6.07) is 7.88. The number of hydrogen-bond acceptors (Lipinski definition) is 6. The number of hydrogen-bond donors (Lipinski definition) is 5. The Balaban J connectivity index is 1.22. The first-order chi connectivity index (χ1) is 14.6. The number of aromatic amines is 2. The van der Waals surface area contributed by atoms with Crippen molar-refractivity contribution in [1.29, 1.82) is 0 Å². The van der Waals surface area contributed by atoms with Gasteiger partial charge in [-0.3, -0.25) is 0 Å². The molecule has 8 nitrogen and oxygen atoms in total. The number of imidazole rings is 1. The molecule has 156 valence electrons. The van der Waals surface area contributed by atoms with E-state index in [2.05, 4.69) is 30.6 Å². The molecule has 0 spiro atoms. The molecule has 4 fully saturated rings. The van der Waals surface area contributed by atoms with Gasteiger partial charge in [0.05, 0.1) is 17.1 Å². The number of benzene rings is 1. The molecule has 5 N–H and O–H groups in total. The molecule has 2 aromatic heterocycles. The van der Waals surface area contributed by atoms with Crippen molar-refractivity contribution in [2.24, 2.45) is 23.7 Å². The standard InChI is InChI=1S/C22H26N6O2/c29-18-9-14-7-11-5-12(18)8-13(6-11)20(14)27-19-3-4-23-21(28-19)24-15-1-2-16-17(10-15)26-22(30)25-16/h1-4,10-14,18,20,29H,5-9H2,(H2,25,26,30)(H2,23,24,27,28). The van der Waals surface area contributed by atoms with Gasteiger partial charge < -0.3 is 25.7 Å². The number of nitrogens with zero attached hydrogens (tertiary/aromatic N) is 2. The van der Waals surface area contributed by atoms with E-state index >= 15 is 0 Å². The number of aliphatic hydroxyl groups is 1. The smallest absolute Gasteiger partial charge is 0.323 e. The van der Waals surface area contributed by atoms with Crippen LogP contribution in [0.15, 0.2) is 35.3 Å². The highest BCUT2D eigenvalue weighted by molar-refractivity contribution is 5.79. The fourth-order valence-corrected chi connectivity index (χ4v) is 6.18. The van der Waals surface area contributed by atoms with Crippen molar-refractivity contribution >= 4 is 28.5 Å². The number of nitrogens with one attached hydrogen (secondary N) is 4. The summed E-state index contributed by atoms with van der Waals surface area (Å²) in [7, 11) is 0. The molecule has 4 bridgehead atoms. The first kappa shape index (κ1) is 17.9. The van der Waals surface area contributed by atoms with Crippen LogP contribution in [0.5, 0.6) is 0 Å². The number of aliphatic hydroxyl groups excluding tert-OH is 1. The van der Waals surface area contributed by atoms with E-state index in [9.17, 15) is 9.90 Å². The largest absolute Gasteiger partial charge is 0.393 e. The Labute approximate surface area is 173 Å². The second-order valence-corrected chi connectivity index (χ2v) is 9.29. The highest BCUT2D eigenvalue weighted by Gasteiger charge is 2.48. The van der Waals surface area contributed by atoms with Crippen molar-refractivity contribution < 1.29 is 5.11 Å². The van der Waals surface area contributed by atoms with Crippen LogP contribution >= 0.6 is 0 Å². The zero-order valence-corrected chi connectivity index (χ0v) is 16.6. The summed E-state index contributed by atoms with van der Waals surface area (Å²) < 4.78 is 0. The van der Waals surface area contributed by atoms with Gasteiger partial charge in [0.15, 0.2) is 0 Å². The Morgan fingerprint density at radius 2 is 1.77 bits per heavy atom. The highest BCUT2D eigenvalue weighted by Crippen LogP contribution is 2.52. The van der Waals surface area contributed by atoms with Gasteiger partial charge in [0, 0.05) is 17.9 Å². The molecule has 4 saturated carbocycles. The molecule has 8 heteroatoms. The molecule has 6 atom stereocenters. The molecule has 3 aromatic rings. The molecule has 4 aliphatic rings. The third kappa shape index (κ3) is 3.15. The van der Waals surface area contributed by atoms with E-state index in [0.717, 1.165) is 41.3 Å². The fourth-order valence-electron chi connectivity index (χ4n) is 6.18. The minimum Gasteiger partial charge on any atom is -0.393 e. The van der Waals surface area contributed by atoms with E-state index in [1.807, 2.05) is 24.3 Å². The number of anilines is 3. The molecule has 0 saturated heterocycles. The molecule has 1 aromatic carbocycles. The van der Waals surface area contributed by atoms with Crippen LogP contribution in [0.3, 0.4) is 0 Å². The Morgan fingerprint density at radius 1 is 0.967 bits per heavy atom. The number of aromatic nitrogens is 4. The third-order valence-corrected chi connectivity index (χ3v) is 7.36. The number of fused-ring (bicyclic) bond motifs is 2. The van der Waals surface area contributed by atoms with Gasteiger partial charge in [0.25, 0.3) is 0 Å². The fraction of sp³-hybridized carbons (Fsp3) is 0.500. The topological polar surface area (TPSA) is 119 Å². The molecular formula is C22H26N6O2. The van der Waals surface area contributed by atoms with E-state index in [0.29, 0.717) is 29.7 Å². The monoisotopic (exact) mass is 406 g/mol. The summed E-state index contributed by atoms with van der Waals surface area (Å²) in [5.41, 5.74) is 2.09. The molecule has 0 amide bonds. The summed E-state index contributed by atoms with van der Waals surface area (Å²) >= 11 is 0. The first-order valence-electron chi connectivity index (χ1n) is 10.9. The number of H-pyrrole nitrogens is 2. The van der Waals surface area contributed by atoms with Crippen LogP contribution in [-0.4, -0.2) is 37.2 Å². The molecule has 0 aliphatic heterocycles. The van der Waals surface area contributed by atoms with Crippen LogP contribution in [0.2, 0.25) is 0 Å². The van der Waals surface area contributed by atoms with Crippen LogP contribution in [-0.2, 0) is 0 Å². The zero-order valence-electron chi connectivity index (χ0n) is 16.6. The lowest BCUT2D eigenvalue weighted by atomic mass is 9.65. The maximum atomic E-state index is 11.5. The molecule has 4 aliphatic carbocycles. The predicted molar refractivity (Wildman–Crippen MR) is 115 cm³/mol. The SMILES string of the molecule is O=c1[nH]c2ccc(Nc3nccc(NC4C5CC6CC(CC4C6)C(O)C5)n3)cc2[nH]1. The van der Waals surface area contributed by atoms with Gasteiger partial charge in [-0.05, 0) is 80.0 Å². The third-order valence-electron chi connectivity index (χ3n) is 7.36. The summed E-state index contributed by atoms with van der Waals surface area (Å²) in [5, 5.41) is 17.5. The second kappa shape index (κ2) is 6.84. The van der Waals surface area contributed by atoms with Crippen LogP contribution in [0.4, 0.5) is 17.5 Å². The maximum absolute atomic E-state index is 11.5. The molecule has 6 unspecified atom stereocenters. The molecule has 2 heterocycles. The average molecular weight is 406 g/mol. The minimum absolute atomic E-state index is 0.146. The molecule has 30 heavy (non-hydrogen) atoms. The van der Waals surface area contributed by atoms with Gasteiger partial charge in [-0.1, -0.05) is 0 Å². The van der Waals surface area contributed by atoms with Gasteiger partial charge in [-0.25, -0.2) is 9.78 Å². The van der Waals surface area contributed by atoms with Crippen molar-refractivity contribution in [3.8, 4) is 0 Å². The lowest BCUT2D eigenvalue weighted by Gasteiger charge is -2.44. The van der Waals surface area contributed by atoms with E-state index in [1.165, 1.54) is 19.3 Å². The Morgan fingerprint density at radius 3 is 2.67 bits per heavy atom. The van der Waals surface area contributed by atoms with Gasteiger partial charge in [-0.15, -0.1) is 0 Å². The molecular weight excluding hydrogens is 380 g/mol. The van der Waals surface area contributed by atoms with E-state index < -0.39 is 0 Å². The predicted octanol–water partition coefficient (Wildman–Crippen LogP) is 2.99. The van der Waals surface area contributed by atoms with Crippen molar-refractivity contribution in [2.75, 3.05) is 10.6 Å². The average Bonchev–Trinajstić information content (AvgIpc) is 3.02. The van der Waals surface area contributed by atoms with Crippen LogP contribution in [0.25, 0.3) is 11.0 Å². The Kier molecular flexibility index (Phi) is 4.09. The normalized spacial score (nSPS) is 32.3. The second-order valence-electron chi connectivity index (χ2n) is 9.29. The lowest BCUT2D eigenvalue weighted by Crippen LogP contribution is -2.43. The van der Waals surface area contributed by atoms with Crippen molar-refractivity contribution in [2.45, 2.75) is 44.2 Å². The summed E-state index contributed by atoms with van der Waals surface area (Å²) in [5.74, 6) is 3.71. The van der Waals surface area contributed by atoms with E-state index in [4.69, 9.17) is 0 Å². The maximum Gasteiger partial charge on any atom is 0.323 e. The quantitative estimate of drug-likeness (QED) is 0.455. The van der Waals surface area contributed by atoms with Gasteiger partial charge in [0.2, 0.25) is 5.95 Å².